The Morgan fingerprint density at radius 2 is 1.45 bits per heavy atom. The fourth-order valence-corrected chi connectivity index (χ4v) is 6.10. The maximum atomic E-state index is 14.0. The van der Waals surface area contributed by atoms with Crippen LogP contribution in [0.1, 0.15) is 49.7 Å². The first-order valence-corrected chi connectivity index (χ1v) is 17.2. The van der Waals surface area contributed by atoms with Crippen LogP contribution < -0.4 is 32.7 Å². The lowest BCUT2D eigenvalue weighted by Crippen LogP contribution is -2.58. The molecule has 10 N–H and O–H groups in total. The van der Waals surface area contributed by atoms with Crippen LogP contribution >= 0.6 is 0 Å². The Morgan fingerprint density at radius 1 is 0.784 bits per heavy atom. The Hall–Kier alpha value is -5.50. The van der Waals surface area contributed by atoms with Gasteiger partial charge in [0.2, 0.25) is 29.5 Å². The van der Waals surface area contributed by atoms with Crippen LogP contribution in [0.5, 0.6) is 5.75 Å². The van der Waals surface area contributed by atoms with Crippen LogP contribution in [0.2, 0.25) is 0 Å². The monoisotopic (exact) mass is 700 g/mol. The minimum atomic E-state index is -1.13. The maximum absolute atomic E-state index is 14.0. The van der Waals surface area contributed by atoms with Crippen molar-refractivity contribution in [1.29, 1.82) is 5.41 Å². The number of aromatic hydroxyl groups is 1. The van der Waals surface area contributed by atoms with Gasteiger partial charge < -0.3 is 42.7 Å². The molecule has 14 heteroatoms. The van der Waals surface area contributed by atoms with E-state index in [1.807, 2.05) is 42.5 Å². The highest BCUT2D eigenvalue weighted by molar-refractivity contribution is 5.97. The summed E-state index contributed by atoms with van der Waals surface area (Å²) < 4.78 is 0. The lowest BCUT2D eigenvalue weighted by molar-refractivity contribution is -0.142. The summed E-state index contributed by atoms with van der Waals surface area (Å²) in [7, 11) is 1.46. The number of amidine groups is 1. The zero-order valence-corrected chi connectivity index (χ0v) is 28.8. The molecule has 272 valence electrons. The van der Waals surface area contributed by atoms with Crippen molar-refractivity contribution in [2.24, 2.45) is 11.5 Å². The van der Waals surface area contributed by atoms with Crippen molar-refractivity contribution in [3.63, 3.8) is 0 Å². The molecule has 0 aromatic heterocycles. The van der Waals surface area contributed by atoms with Gasteiger partial charge in [0.25, 0.3) is 0 Å². The summed E-state index contributed by atoms with van der Waals surface area (Å²) in [6.45, 7) is -0.229. The molecule has 1 aliphatic heterocycles. The van der Waals surface area contributed by atoms with Gasteiger partial charge in [-0.05, 0) is 66.3 Å². The smallest absolute Gasteiger partial charge is 0.245 e. The zero-order chi connectivity index (χ0) is 36.9. The summed E-state index contributed by atoms with van der Waals surface area (Å²) >= 11 is 0. The molecule has 1 heterocycles. The number of hydrogen-bond acceptors (Lipinski definition) is 8. The molecule has 1 fully saturated rings. The van der Waals surface area contributed by atoms with Crippen molar-refractivity contribution in [2.75, 3.05) is 20.1 Å². The van der Waals surface area contributed by atoms with Crippen LogP contribution in [-0.4, -0.2) is 89.7 Å². The van der Waals surface area contributed by atoms with Gasteiger partial charge in [-0.15, -0.1) is 0 Å². The lowest BCUT2D eigenvalue weighted by atomic mass is 10.00. The molecule has 4 rings (SSSR count). The number of hydrogen-bond donors (Lipinski definition) is 8. The van der Waals surface area contributed by atoms with E-state index >= 15 is 0 Å². The first-order valence-electron chi connectivity index (χ1n) is 17.2. The van der Waals surface area contributed by atoms with E-state index in [9.17, 15) is 29.1 Å². The minimum Gasteiger partial charge on any atom is -0.508 e. The quantitative estimate of drug-likeness (QED) is 0.0769. The summed E-state index contributed by atoms with van der Waals surface area (Å²) in [5.74, 6) is -2.99. The predicted molar refractivity (Wildman–Crippen MR) is 193 cm³/mol. The van der Waals surface area contributed by atoms with Crippen molar-refractivity contribution in [2.45, 2.75) is 75.5 Å². The number of benzene rings is 3. The van der Waals surface area contributed by atoms with Gasteiger partial charge in [0.15, 0.2) is 0 Å². The van der Waals surface area contributed by atoms with Gasteiger partial charge in [-0.2, -0.15) is 0 Å². The molecule has 3 aromatic rings. The summed E-state index contributed by atoms with van der Waals surface area (Å²) in [4.78, 5) is 70.1. The Labute approximate surface area is 297 Å². The number of amides is 5. The van der Waals surface area contributed by atoms with E-state index in [2.05, 4.69) is 21.3 Å². The van der Waals surface area contributed by atoms with E-state index in [4.69, 9.17) is 16.9 Å². The number of phenols is 1. The number of rotatable bonds is 12. The SMILES string of the molecule is CN1C(=O)[C@@H](Cc2ccc(O)cc2)NC(=O)CNC(=O)[C@H](Cc2ccc3ccccc3c2)NC(=O)[C@H](CCCCC(=N)N)NC(=O)[C@H]1CCCN. The first-order chi connectivity index (χ1) is 24.4. The van der Waals surface area contributed by atoms with Gasteiger partial charge in [-0.3, -0.25) is 29.4 Å². The predicted octanol–water partition coefficient (Wildman–Crippen LogP) is 0.977. The first kappa shape index (κ1) is 38.3. The van der Waals surface area contributed by atoms with Gasteiger partial charge in [-0.1, -0.05) is 61.0 Å². The minimum absolute atomic E-state index is 0.00433. The molecule has 0 saturated carbocycles. The fourth-order valence-electron chi connectivity index (χ4n) is 6.10. The van der Waals surface area contributed by atoms with E-state index in [1.165, 1.54) is 24.1 Å². The highest BCUT2D eigenvalue weighted by Gasteiger charge is 2.35. The third-order valence-corrected chi connectivity index (χ3v) is 8.94. The van der Waals surface area contributed by atoms with Crippen molar-refractivity contribution in [1.82, 2.24) is 26.2 Å². The van der Waals surface area contributed by atoms with E-state index in [-0.39, 0.29) is 43.8 Å². The second kappa shape index (κ2) is 18.5. The molecule has 0 radical (unpaired) electrons. The molecule has 0 bridgehead atoms. The number of phenolic OH excluding ortho intramolecular Hbond substituents is 1. The largest absolute Gasteiger partial charge is 0.508 e. The van der Waals surface area contributed by atoms with Crippen LogP contribution in [0.3, 0.4) is 0 Å². The molecule has 14 nitrogen and oxygen atoms in total. The Kier molecular flexibility index (Phi) is 13.9. The highest BCUT2D eigenvalue weighted by atomic mass is 16.3. The van der Waals surface area contributed by atoms with Crippen LogP contribution in [0.25, 0.3) is 10.8 Å². The van der Waals surface area contributed by atoms with Crippen LogP contribution in [0, 0.1) is 5.41 Å². The molecule has 0 spiro atoms. The normalized spacial score (nSPS) is 20.8. The topological polar surface area (TPSA) is 233 Å². The van der Waals surface area contributed by atoms with Gasteiger partial charge >= 0.3 is 0 Å². The molecule has 3 aromatic carbocycles. The van der Waals surface area contributed by atoms with Crippen molar-refractivity contribution in [3.8, 4) is 5.75 Å². The Balaban J connectivity index is 1.69. The van der Waals surface area contributed by atoms with Crippen LogP contribution in [-0.2, 0) is 36.8 Å². The fraction of sp³-hybridized carbons (Fsp3) is 0.405. The number of nitrogens with two attached hydrogens (primary N) is 2. The molecule has 0 aliphatic carbocycles. The lowest BCUT2D eigenvalue weighted by Gasteiger charge is -2.32. The van der Waals surface area contributed by atoms with E-state index in [0.29, 0.717) is 31.2 Å². The summed E-state index contributed by atoms with van der Waals surface area (Å²) in [6, 6.07) is 15.3. The average Bonchev–Trinajstić information content (AvgIpc) is 3.11. The van der Waals surface area contributed by atoms with Crippen LogP contribution in [0.4, 0.5) is 0 Å². The molecule has 5 amide bonds. The second-order valence-electron chi connectivity index (χ2n) is 12.9. The molecule has 1 aliphatic rings. The molecule has 51 heavy (non-hydrogen) atoms. The van der Waals surface area contributed by atoms with Crippen molar-refractivity contribution < 1.29 is 29.1 Å². The summed E-state index contributed by atoms with van der Waals surface area (Å²) in [5, 5.41) is 30.2. The van der Waals surface area contributed by atoms with Crippen LogP contribution in [0.15, 0.2) is 66.7 Å². The third kappa shape index (κ3) is 11.3. The Morgan fingerprint density at radius 3 is 2.16 bits per heavy atom. The number of nitrogens with zero attached hydrogens (tertiary/aromatic N) is 1. The van der Waals surface area contributed by atoms with Gasteiger partial charge in [0.05, 0.1) is 12.4 Å². The summed E-state index contributed by atoms with van der Waals surface area (Å²) in [6.07, 6.45) is 2.15. The number of fused-ring (bicyclic) bond motifs is 1. The average molecular weight is 701 g/mol. The molecular weight excluding hydrogens is 652 g/mol. The standard InChI is InChI=1S/C37H48N8O6/c1-45-31(10-6-18-38)36(50)43-28(9-4-5-11-32(39)40)35(49)44-29(21-24-12-15-25-7-2-3-8-26(25)19-24)34(48)41-22-33(47)42-30(37(45)51)20-23-13-16-27(46)17-14-23/h2-3,7-8,12-17,19,28-31,46H,4-6,9-11,18,20-22,38H2,1H3,(H3,39,40)(H,41,48)(H,42,47)(H,43,50)(H,44,49)/t28-,29-,30+,31+/m0/s1. The molecule has 1 saturated heterocycles. The summed E-state index contributed by atoms with van der Waals surface area (Å²) in [5.41, 5.74) is 12.7. The van der Waals surface area contributed by atoms with E-state index < -0.39 is 60.2 Å². The molecule has 4 atom stereocenters. The second-order valence-corrected chi connectivity index (χ2v) is 12.9. The van der Waals surface area contributed by atoms with Crippen molar-refractivity contribution in [3.05, 3.63) is 77.9 Å². The maximum Gasteiger partial charge on any atom is 0.245 e. The zero-order valence-electron chi connectivity index (χ0n) is 28.8. The van der Waals surface area contributed by atoms with Crippen molar-refractivity contribution >= 4 is 46.1 Å². The van der Waals surface area contributed by atoms with E-state index in [0.717, 1.165) is 16.3 Å². The van der Waals surface area contributed by atoms with Gasteiger partial charge in [-0.25, -0.2) is 0 Å². The number of carbonyl (C=O) groups is 5. The number of nitrogens with one attached hydrogen (secondary N) is 5. The molecule has 0 unspecified atom stereocenters. The number of carbonyl (C=O) groups excluding carboxylic acids is 5. The number of likely N-dealkylation sites (N-methyl/N-ethyl adjacent to an activating group) is 1. The Bertz CT molecular complexity index is 1710. The highest BCUT2D eigenvalue weighted by Crippen LogP contribution is 2.18. The number of unbranched alkanes of at least 4 members (excludes halogenated alkanes) is 1. The van der Waals surface area contributed by atoms with Gasteiger partial charge in [0.1, 0.15) is 29.9 Å². The van der Waals surface area contributed by atoms with Gasteiger partial charge in [0, 0.05) is 26.3 Å². The van der Waals surface area contributed by atoms with E-state index in [1.54, 1.807) is 12.1 Å². The third-order valence-electron chi connectivity index (χ3n) is 8.94. The molecular formula is C37H48N8O6.